The lowest BCUT2D eigenvalue weighted by molar-refractivity contribution is -0.141. The van der Waals surface area contributed by atoms with E-state index < -0.39 is 5.97 Å². The van der Waals surface area contributed by atoms with Gasteiger partial charge in [-0.1, -0.05) is 13.3 Å². The standard InChI is InChI=1S/C14H26N2O4/c1-10(13(17)18)4-3-5-11(2)16-14(19)15-8-12-6-7-20-9-12/h10-12H,3-9H2,1-2H3,(H,17,18)(H2,15,16,19). The average molecular weight is 286 g/mol. The zero-order valence-electron chi connectivity index (χ0n) is 12.4. The molecule has 2 amide bonds. The number of amides is 2. The summed E-state index contributed by atoms with van der Waals surface area (Å²) < 4.78 is 5.25. The maximum Gasteiger partial charge on any atom is 0.315 e. The van der Waals surface area contributed by atoms with Gasteiger partial charge in [-0.25, -0.2) is 4.79 Å². The number of aliphatic carboxylic acids is 1. The van der Waals surface area contributed by atoms with E-state index in [1.807, 2.05) is 6.92 Å². The van der Waals surface area contributed by atoms with Gasteiger partial charge >= 0.3 is 12.0 Å². The fourth-order valence-electron chi connectivity index (χ4n) is 2.18. The molecule has 1 heterocycles. The van der Waals surface area contributed by atoms with Crippen molar-refractivity contribution in [2.45, 2.75) is 45.6 Å². The minimum absolute atomic E-state index is 0.0517. The van der Waals surface area contributed by atoms with Gasteiger partial charge < -0.3 is 20.5 Å². The van der Waals surface area contributed by atoms with Gasteiger partial charge in [0.15, 0.2) is 0 Å². The van der Waals surface area contributed by atoms with Crippen LogP contribution in [-0.2, 0) is 9.53 Å². The van der Waals surface area contributed by atoms with Crippen LogP contribution >= 0.6 is 0 Å². The maximum absolute atomic E-state index is 11.7. The first-order chi connectivity index (χ1) is 9.49. The third kappa shape index (κ3) is 6.75. The third-order valence-corrected chi connectivity index (χ3v) is 3.65. The van der Waals surface area contributed by atoms with E-state index >= 15 is 0 Å². The van der Waals surface area contributed by atoms with E-state index in [1.54, 1.807) is 6.92 Å². The van der Waals surface area contributed by atoms with E-state index in [0.717, 1.165) is 32.5 Å². The first-order valence-electron chi connectivity index (χ1n) is 7.34. The number of hydrogen-bond donors (Lipinski definition) is 3. The molecule has 3 unspecified atom stereocenters. The van der Waals surface area contributed by atoms with Crippen LogP contribution in [0.1, 0.15) is 39.5 Å². The molecular weight excluding hydrogens is 260 g/mol. The minimum Gasteiger partial charge on any atom is -0.481 e. The number of carboxylic acid groups (broad SMARTS) is 1. The van der Waals surface area contributed by atoms with Crippen molar-refractivity contribution >= 4 is 12.0 Å². The highest BCUT2D eigenvalue weighted by atomic mass is 16.5. The Bertz CT molecular complexity index is 316. The molecule has 6 heteroatoms. The molecule has 20 heavy (non-hydrogen) atoms. The van der Waals surface area contributed by atoms with Crippen molar-refractivity contribution in [3.05, 3.63) is 0 Å². The lowest BCUT2D eigenvalue weighted by Crippen LogP contribution is -2.42. The van der Waals surface area contributed by atoms with Crippen LogP contribution in [0.4, 0.5) is 4.79 Å². The average Bonchev–Trinajstić information content (AvgIpc) is 2.89. The number of carbonyl (C=O) groups excluding carboxylic acids is 1. The summed E-state index contributed by atoms with van der Waals surface area (Å²) >= 11 is 0. The maximum atomic E-state index is 11.7. The fourth-order valence-corrected chi connectivity index (χ4v) is 2.18. The smallest absolute Gasteiger partial charge is 0.315 e. The molecular formula is C14H26N2O4. The predicted octanol–water partition coefficient (Wildman–Crippen LogP) is 1.60. The van der Waals surface area contributed by atoms with Crippen LogP contribution in [0.3, 0.4) is 0 Å². The highest BCUT2D eigenvalue weighted by molar-refractivity contribution is 5.74. The number of ether oxygens (including phenoxy) is 1. The Balaban J connectivity index is 2.06. The summed E-state index contributed by atoms with van der Waals surface area (Å²) in [6.07, 6.45) is 3.23. The third-order valence-electron chi connectivity index (χ3n) is 3.65. The Kier molecular flexibility index (Phi) is 7.36. The molecule has 116 valence electrons. The molecule has 0 aromatic carbocycles. The van der Waals surface area contributed by atoms with Gasteiger partial charge in [0.1, 0.15) is 0 Å². The summed E-state index contributed by atoms with van der Waals surface area (Å²) in [5.74, 6) is -0.659. The number of nitrogens with one attached hydrogen (secondary N) is 2. The molecule has 1 aliphatic heterocycles. The van der Waals surface area contributed by atoms with E-state index in [1.165, 1.54) is 0 Å². The van der Waals surface area contributed by atoms with Crippen LogP contribution in [0.15, 0.2) is 0 Å². The number of carboxylic acids is 1. The number of rotatable bonds is 8. The first-order valence-corrected chi connectivity index (χ1v) is 7.34. The van der Waals surface area contributed by atoms with Crippen LogP contribution in [0.5, 0.6) is 0 Å². The van der Waals surface area contributed by atoms with E-state index in [9.17, 15) is 9.59 Å². The second-order valence-corrected chi connectivity index (χ2v) is 5.66. The van der Waals surface area contributed by atoms with E-state index in [0.29, 0.717) is 18.9 Å². The van der Waals surface area contributed by atoms with Gasteiger partial charge in [0.05, 0.1) is 12.5 Å². The Labute approximate surface area is 120 Å². The molecule has 0 aliphatic carbocycles. The molecule has 0 spiro atoms. The molecule has 1 aliphatic rings. The minimum atomic E-state index is -0.762. The van der Waals surface area contributed by atoms with Crippen molar-refractivity contribution in [2.75, 3.05) is 19.8 Å². The quantitative estimate of drug-likeness (QED) is 0.632. The van der Waals surface area contributed by atoms with E-state index in [4.69, 9.17) is 9.84 Å². The first kappa shape index (κ1) is 16.8. The summed E-state index contributed by atoms with van der Waals surface area (Å²) in [6, 6.07) is -0.105. The second kappa shape index (κ2) is 8.79. The molecule has 6 nitrogen and oxygen atoms in total. The topological polar surface area (TPSA) is 87.7 Å². The molecule has 0 radical (unpaired) electrons. The Hall–Kier alpha value is -1.30. The molecule has 1 rings (SSSR count). The van der Waals surface area contributed by atoms with E-state index in [-0.39, 0.29) is 18.0 Å². The largest absolute Gasteiger partial charge is 0.481 e. The molecule has 0 saturated carbocycles. The van der Waals surface area contributed by atoms with Crippen molar-refractivity contribution in [1.82, 2.24) is 10.6 Å². The summed E-state index contributed by atoms with van der Waals surface area (Å²) in [7, 11) is 0. The molecule has 0 bridgehead atoms. The fraction of sp³-hybridized carbons (Fsp3) is 0.857. The summed E-state index contributed by atoms with van der Waals surface area (Å²) in [5.41, 5.74) is 0. The zero-order chi connectivity index (χ0) is 15.0. The summed E-state index contributed by atoms with van der Waals surface area (Å²) in [6.45, 7) is 5.80. The molecule has 1 saturated heterocycles. The second-order valence-electron chi connectivity index (χ2n) is 5.66. The van der Waals surface area contributed by atoms with Gasteiger partial charge in [-0.2, -0.15) is 0 Å². The van der Waals surface area contributed by atoms with Crippen molar-refractivity contribution in [3.63, 3.8) is 0 Å². The van der Waals surface area contributed by atoms with Crippen molar-refractivity contribution in [3.8, 4) is 0 Å². The van der Waals surface area contributed by atoms with E-state index in [2.05, 4.69) is 10.6 Å². The summed E-state index contributed by atoms with van der Waals surface area (Å²) in [4.78, 5) is 22.3. The van der Waals surface area contributed by atoms with Crippen LogP contribution in [0.2, 0.25) is 0 Å². The van der Waals surface area contributed by atoms with Crippen LogP contribution in [-0.4, -0.2) is 42.9 Å². The monoisotopic (exact) mass is 286 g/mol. The Morgan fingerprint density at radius 2 is 2.10 bits per heavy atom. The van der Waals surface area contributed by atoms with Gasteiger partial charge in [0, 0.05) is 25.1 Å². The Morgan fingerprint density at radius 1 is 1.35 bits per heavy atom. The van der Waals surface area contributed by atoms with Crippen LogP contribution in [0.25, 0.3) is 0 Å². The Morgan fingerprint density at radius 3 is 2.70 bits per heavy atom. The van der Waals surface area contributed by atoms with Gasteiger partial charge in [-0.15, -0.1) is 0 Å². The van der Waals surface area contributed by atoms with Crippen molar-refractivity contribution in [1.29, 1.82) is 0 Å². The summed E-state index contributed by atoms with van der Waals surface area (Å²) in [5, 5.41) is 14.5. The normalized spacial score (nSPS) is 21.2. The highest BCUT2D eigenvalue weighted by Crippen LogP contribution is 2.11. The lowest BCUT2D eigenvalue weighted by Gasteiger charge is -2.16. The molecule has 3 atom stereocenters. The van der Waals surface area contributed by atoms with Crippen molar-refractivity contribution < 1.29 is 19.4 Å². The lowest BCUT2D eigenvalue weighted by atomic mass is 10.0. The zero-order valence-corrected chi connectivity index (χ0v) is 12.4. The van der Waals surface area contributed by atoms with Gasteiger partial charge in [-0.05, 0) is 26.2 Å². The number of carbonyl (C=O) groups is 2. The molecule has 3 N–H and O–H groups in total. The number of hydrogen-bond acceptors (Lipinski definition) is 3. The highest BCUT2D eigenvalue weighted by Gasteiger charge is 2.17. The van der Waals surface area contributed by atoms with Gasteiger partial charge in [0.25, 0.3) is 0 Å². The molecule has 0 aromatic rings. The molecule has 0 aromatic heterocycles. The predicted molar refractivity (Wildman–Crippen MR) is 75.6 cm³/mol. The van der Waals surface area contributed by atoms with Crippen LogP contribution in [0, 0.1) is 11.8 Å². The van der Waals surface area contributed by atoms with Gasteiger partial charge in [-0.3, -0.25) is 4.79 Å². The van der Waals surface area contributed by atoms with Crippen LogP contribution < -0.4 is 10.6 Å². The SMILES string of the molecule is CC(CCCC(C)C(=O)O)NC(=O)NCC1CCOC1. The number of urea groups is 1. The van der Waals surface area contributed by atoms with Gasteiger partial charge in [0.2, 0.25) is 0 Å². The van der Waals surface area contributed by atoms with Crippen molar-refractivity contribution in [2.24, 2.45) is 11.8 Å². The molecule has 1 fully saturated rings.